The molecule has 146 valence electrons. The van der Waals surface area contributed by atoms with Gasteiger partial charge in [0.25, 0.3) is 0 Å². The molecule has 2 aromatic rings. The molecule has 0 saturated carbocycles. The molecule has 1 N–H and O–H groups in total. The third kappa shape index (κ3) is 6.48. The van der Waals surface area contributed by atoms with E-state index in [1.165, 1.54) is 0 Å². The summed E-state index contributed by atoms with van der Waals surface area (Å²) in [6, 6.07) is 14.5. The molecule has 0 heterocycles. The van der Waals surface area contributed by atoms with E-state index in [9.17, 15) is 13.2 Å². The van der Waals surface area contributed by atoms with E-state index in [0.717, 1.165) is 16.7 Å². The van der Waals surface area contributed by atoms with Gasteiger partial charge in [0.2, 0.25) is 10.0 Å². The maximum absolute atomic E-state index is 12.4. The van der Waals surface area contributed by atoms with E-state index in [-0.39, 0.29) is 17.3 Å². The first kappa shape index (κ1) is 21.1. The molecule has 2 rings (SSSR count). The van der Waals surface area contributed by atoms with Crippen molar-refractivity contribution in [3.63, 3.8) is 0 Å². The van der Waals surface area contributed by atoms with Crippen molar-refractivity contribution in [2.24, 2.45) is 0 Å². The van der Waals surface area contributed by atoms with Crippen molar-refractivity contribution in [3.05, 3.63) is 65.2 Å². The Bertz CT molecular complexity index is 841. The van der Waals surface area contributed by atoms with Gasteiger partial charge in [-0.05, 0) is 48.1 Å². The molecule has 0 aliphatic rings. The highest BCUT2D eigenvalue weighted by Crippen LogP contribution is 2.17. The number of ether oxygens (including phenoxy) is 1. The fourth-order valence-electron chi connectivity index (χ4n) is 2.65. The largest absolute Gasteiger partial charge is 0.466 e. The van der Waals surface area contributed by atoms with E-state index in [1.54, 1.807) is 19.1 Å². The topological polar surface area (TPSA) is 72.5 Å². The van der Waals surface area contributed by atoms with Crippen LogP contribution in [0.1, 0.15) is 43.4 Å². The molecule has 27 heavy (non-hydrogen) atoms. The smallest absolute Gasteiger partial charge is 0.310 e. The Hall–Kier alpha value is -2.18. The second-order valence-corrected chi connectivity index (χ2v) is 8.44. The first-order chi connectivity index (χ1) is 12.8. The summed E-state index contributed by atoms with van der Waals surface area (Å²) in [4.78, 5) is 11.7. The maximum atomic E-state index is 12.4. The first-order valence-electron chi connectivity index (χ1n) is 9.15. The van der Waals surface area contributed by atoms with Gasteiger partial charge in [-0.15, -0.1) is 0 Å². The maximum Gasteiger partial charge on any atom is 0.310 e. The van der Waals surface area contributed by atoms with Crippen molar-refractivity contribution in [1.29, 1.82) is 0 Å². The Morgan fingerprint density at radius 1 is 1.00 bits per heavy atom. The van der Waals surface area contributed by atoms with Crippen LogP contribution in [0.25, 0.3) is 0 Å². The Morgan fingerprint density at radius 3 is 2.15 bits per heavy atom. The van der Waals surface area contributed by atoms with E-state index in [1.807, 2.05) is 36.4 Å². The first-order valence-corrected chi connectivity index (χ1v) is 10.6. The van der Waals surface area contributed by atoms with Crippen molar-refractivity contribution in [3.8, 4) is 0 Å². The molecule has 0 radical (unpaired) electrons. The molecule has 6 heteroatoms. The third-order valence-corrected chi connectivity index (χ3v) is 5.72. The molecule has 0 spiro atoms. The molecule has 0 bridgehead atoms. The number of hydrogen-bond donors (Lipinski definition) is 1. The van der Waals surface area contributed by atoms with E-state index < -0.39 is 10.0 Å². The Kier molecular flexibility index (Phi) is 7.56. The normalized spacial score (nSPS) is 11.6. The van der Waals surface area contributed by atoms with Crippen LogP contribution in [0.15, 0.2) is 53.4 Å². The molecule has 0 amide bonds. The molecule has 5 nitrogen and oxygen atoms in total. The lowest BCUT2D eigenvalue weighted by molar-refractivity contribution is -0.142. The predicted molar refractivity (Wildman–Crippen MR) is 106 cm³/mol. The van der Waals surface area contributed by atoms with Crippen molar-refractivity contribution in [2.45, 2.75) is 44.4 Å². The number of nitrogens with one attached hydrogen (secondary N) is 1. The van der Waals surface area contributed by atoms with Gasteiger partial charge in [0.1, 0.15) is 0 Å². The molecule has 2 aromatic carbocycles. The third-order valence-electron chi connectivity index (χ3n) is 4.24. The van der Waals surface area contributed by atoms with Crippen LogP contribution < -0.4 is 4.72 Å². The van der Waals surface area contributed by atoms with Crippen molar-refractivity contribution >= 4 is 16.0 Å². The van der Waals surface area contributed by atoms with Gasteiger partial charge in [0, 0.05) is 6.54 Å². The summed E-state index contributed by atoms with van der Waals surface area (Å²) in [5, 5.41) is 0. The number of benzene rings is 2. The van der Waals surface area contributed by atoms with Gasteiger partial charge in [-0.2, -0.15) is 0 Å². The standard InChI is InChI=1S/C21H27NO4S/c1-4-26-21(23)15-18-7-5-17(6-8-18)13-14-22-27(24,25)20-11-9-19(10-12-20)16(2)3/h5-12,16,22H,4,13-15H2,1-3H3. The second-order valence-electron chi connectivity index (χ2n) is 6.67. The summed E-state index contributed by atoms with van der Waals surface area (Å²) in [5.74, 6) is 0.114. The molecule has 0 unspecified atom stereocenters. The lowest BCUT2D eigenvalue weighted by Crippen LogP contribution is -2.26. The zero-order valence-corrected chi connectivity index (χ0v) is 16.9. The number of hydrogen-bond acceptors (Lipinski definition) is 4. The van der Waals surface area contributed by atoms with Crippen LogP contribution in [-0.2, 0) is 32.4 Å². The number of carbonyl (C=O) groups excluding carboxylic acids is 1. The average molecular weight is 390 g/mol. The summed E-state index contributed by atoms with van der Waals surface area (Å²) in [7, 11) is -3.51. The zero-order valence-electron chi connectivity index (χ0n) is 16.1. The summed E-state index contributed by atoms with van der Waals surface area (Å²) in [5.41, 5.74) is 2.99. The number of rotatable bonds is 9. The fraction of sp³-hybridized carbons (Fsp3) is 0.381. The Labute approximate surface area is 161 Å². The van der Waals surface area contributed by atoms with E-state index in [4.69, 9.17) is 4.74 Å². The van der Waals surface area contributed by atoms with Gasteiger partial charge in [-0.25, -0.2) is 13.1 Å². The summed E-state index contributed by atoms with van der Waals surface area (Å²) >= 11 is 0. The van der Waals surface area contributed by atoms with Gasteiger partial charge in [0.15, 0.2) is 0 Å². The minimum Gasteiger partial charge on any atom is -0.466 e. The molecule has 0 aliphatic carbocycles. The molecule has 0 aliphatic heterocycles. The van der Waals surface area contributed by atoms with Gasteiger partial charge < -0.3 is 4.74 Å². The second kappa shape index (κ2) is 9.67. The van der Waals surface area contributed by atoms with Gasteiger partial charge in [0.05, 0.1) is 17.9 Å². The monoisotopic (exact) mass is 389 g/mol. The molecule has 0 atom stereocenters. The van der Waals surface area contributed by atoms with Crippen LogP contribution >= 0.6 is 0 Å². The number of esters is 1. The Morgan fingerprint density at radius 2 is 1.59 bits per heavy atom. The van der Waals surface area contributed by atoms with Crippen molar-refractivity contribution < 1.29 is 17.9 Å². The molecular weight excluding hydrogens is 362 g/mol. The summed E-state index contributed by atoms with van der Waals surface area (Å²) < 4.78 is 32.3. The molecule has 0 saturated heterocycles. The van der Waals surface area contributed by atoms with Crippen molar-refractivity contribution in [2.75, 3.05) is 13.2 Å². The van der Waals surface area contributed by atoms with Crippen LogP contribution in [0.2, 0.25) is 0 Å². The number of carbonyl (C=O) groups is 1. The molecule has 0 fully saturated rings. The van der Waals surface area contributed by atoms with Crippen LogP contribution in [-0.4, -0.2) is 27.5 Å². The highest BCUT2D eigenvalue weighted by molar-refractivity contribution is 7.89. The van der Waals surface area contributed by atoms with Gasteiger partial charge in [-0.3, -0.25) is 4.79 Å². The molecule has 0 aromatic heterocycles. The van der Waals surface area contributed by atoms with E-state index in [0.29, 0.717) is 25.5 Å². The summed E-state index contributed by atoms with van der Waals surface area (Å²) in [6.45, 7) is 6.60. The molecular formula is C21H27NO4S. The minimum atomic E-state index is -3.51. The predicted octanol–water partition coefficient (Wildman–Crippen LogP) is 3.44. The van der Waals surface area contributed by atoms with Crippen LogP contribution in [0.5, 0.6) is 0 Å². The van der Waals surface area contributed by atoms with E-state index in [2.05, 4.69) is 18.6 Å². The van der Waals surface area contributed by atoms with Crippen LogP contribution in [0.3, 0.4) is 0 Å². The highest BCUT2D eigenvalue weighted by atomic mass is 32.2. The zero-order chi connectivity index (χ0) is 19.9. The summed E-state index contributed by atoms with van der Waals surface area (Å²) in [6.07, 6.45) is 0.816. The fourth-order valence-corrected chi connectivity index (χ4v) is 3.68. The van der Waals surface area contributed by atoms with E-state index >= 15 is 0 Å². The lowest BCUT2D eigenvalue weighted by atomic mass is 10.0. The van der Waals surface area contributed by atoms with Gasteiger partial charge in [-0.1, -0.05) is 50.2 Å². The average Bonchev–Trinajstić information content (AvgIpc) is 2.63. The van der Waals surface area contributed by atoms with Crippen LogP contribution in [0.4, 0.5) is 0 Å². The lowest BCUT2D eigenvalue weighted by Gasteiger charge is -2.09. The highest BCUT2D eigenvalue weighted by Gasteiger charge is 2.13. The van der Waals surface area contributed by atoms with Crippen LogP contribution in [0, 0.1) is 0 Å². The SMILES string of the molecule is CCOC(=O)Cc1ccc(CCNS(=O)(=O)c2ccc(C(C)C)cc2)cc1. The van der Waals surface area contributed by atoms with Crippen molar-refractivity contribution in [1.82, 2.24) is 4.72 Å². The Balaban J connectivity index is 1.88. The number of sulfonamides is 1. The van der Waals surface area contributed by atoms with Gasteiger partial charge >= 0.3 is 5.97 Å². The quantitative estimate of drug-likeness (QED) is 0.667. The minimum absolute atomic E-state index is 0.243.